The van der Waals surface area contributed by atoms with Crippen molar-refractivity contribution in [3.63, 3.8) is 0 Å². The lowest BCUT2D eigenvalue weighted by Crippen LogP contribution is -2.03. The van der Waals surface area contributed by atoms with Gasteiger partial charge in [-0.25, -0.2) is 4.39 Å². The Balaban J connectivity index is 2.10. The van der Waals surface area contributed by atoms with Gasteiger partial charge in [0.1, 0.15) is 11.6 Å². The third-order valence-corrected chi connectivity index (χ3v) is 3.21. The number of methoxy groups -OCH3 is 1. The van der Waals surface area contributed by atoms with Gasteiger partial charge >= 0.3 is 0 Å². The molecule has 2 aromatic carbocycles. The predicted octanol–water partition coefficient (Wildman–Crippen LogP) is 4.06. The molecule has 0 aliphatic rings. The maximum absolute atomic E-state index is 13.0. The Kier molecular flexibility index (Phi) is 4.05. The first-order valence-corrected chi connectivity index (χ1v) is 6.23. The molecule has 0 aliphatic carbocycles. The fraction of sp³-hybridized carbons (Fsp3) is 0.250. The standard InChI is InChI=1S/C16H18FNO/c1-11-8-14(17)5-4-13(11)10-18-16-7-6-15(19-3)9-12(16)2/h4-9,18H,10H2,1-3H3. The average Bonchev–Trinajstić information content (AvgIpc) is 2.39. The number of benzene rings is 2. The molecule has 0 radical (unpaired) electrons. The van der Waals surface area contributed by atoms with E-state index in [2.05, 4.69) is 5.32 Å². The van der Waals surface area contributed by atoms with Crippen LogP contribution >= 0.6 is 0 Å². The fourth-order valence-electron chi connectivity index (χ4n) is 2.01. The molecule has 0 saturated heterocycles. The van der Waals surface area contributed by atoms with Crippen molar-refractivity contribution in [2.45, 2.75) is 20.4 Å². The zero-order valence-electron chi connectivity index (χ0n) is 11.5. The number of hydrogen-bond acceptors (Lipinski definition) is 2. The van der Waals surface area contributed by atoms with Gasteiger partial charge < -0.3 is 10.1 Å². The first kappa shape index (κ1) is 13.4. The van der Waals surface area contributed by atoms with Crippen LogP contribution in [-0.4, -0.2) is 7.11 Å². The minimum absolute atomic E-state index is 0.193. The van der Waals surface area contributed by atoms with E-state index < -0.39 is 0 Å². The van der Waals surface area contributed by atoms with Crippen molar-refractivity contribution in [1.82, 2.24) is 0 Å². The van der Waals surface area contributed by atoms with Crippen molar-refractivity contribution in [2.24, 2.45) is 0 Å². The molecule has 1 N–H and O–H groups in total. The van der Waals surface area contributed by atoms with Crippen LogP contribution < -0.4 is 10.1 Å². The van der Waals surface area contributed by atoms with Gasteiger partial charge in [0, 0.05) is 12.2 Å². The van der Waals surface area contributed by atoms with Crippen LogP contribution in [0.5, 0.6) is 5.75 Å². The molecular weight excluding hydrogens is 241 g/mol. The Hall–Kier alpha value is -2.03. The number of ether oxygens (including phenoxy) is 1. The second-order valence-electron chi connectivity index (χ2n) is 4.61. The van der Waals surface area contributed by atoms with Crippen LogP contribution in [-0.2, 0) is 6.54 Å². The van der Waals surface area contributed by atoms with Gasteiger partial charge in [0.15, 0.2) is 0 Å². The summed E-state index contributed by atoms with van der Waals surface area (Å²) in [6.07, 6.45) is 0. The van der Waals surface area contributed by atoms with Crippen molar-refractivity contribution in [1.29, 1.82) is 0 Å². The van der Waals surface area contributed by atoms with E-state index in [0.29, 0.717) is 6.54 Å². The lowest BCUT2D eigenvalue weighted by molar-refractivity contribution is 0.414. The van der Waals surface area contributed by atoms with Crippen LogP contribution in [0.4, 0.5) is 10.1 Å². The van der Waals surface area contributed by atoms with Crippen molar-refractivity contribution < 1.29 is 9.13 Å². The maximum Gasteiger partial charge on any atom is 0.123 e. The zero-order valence-corrected chi connectivity index (χ0v) is 11.5. The van der Waals surface area contributed by atoms with Crippen LogP contribution in [0, 0.1) is 19.7 Å². The third kappa shape index (κ3) is 3.25. The van der Waals surface area contributed by atoms with Gasteiger partial charge in [-0.05, 0) is 60.9 Å². The quantitative estimate of drug-likeness (QED) is 0.894. The summed E-state index contributed by atoms with van der Waals surface area (Å²) in [7, 11) is 1.66. The number of anilines is 1. The maximum atomic E-state index is 13.0. The van der Waals surface area contributed by atoms with Crippen molar-refractivity contribution in [3.8, 4) is 5.75 Å². The molecule has 3 heteroatoms. The second kappa shape index (κ2) is 5.74. The van der Waals surface area contributed by atoms with Gasteiger partial charge in [0.05, 0.1) is 7.11 Å². The summed E-state index contributed by atoms with van der Waals surface area (Å²) in [6.45, 7) is 4.63. The predicted molar refractivity (Wildman–Crippen MR) is 76.2 cm³/mol. The van der Waals surface area contributed by atoms with E-state index >= 15 is 0 Å². The summed E-state index contributed by atoms with van der Waals surface area (Å²) < 4.78 is 18.2. The average molecular weight is 259 g/mol. The highest BCUT2D eigenvalue weighted by atomic mass is 19.1. The number of aryl methyl sites for hydroxylation is 2. The van der Waals surface area contributed by atoms with E-state index in [1.54, 1.807) is 13.2 Å². The van der Waals surface area contributed by atoms with Crippen LogP contribution in [0.15, 0.2) is 36.4 Å². The summed E-state index contributed by atoms with van der Waals surface area (Å²) in [4.78, 5) is 0. The van der Waals surface area contributed by atoms with Crippen LogP contribution in [0.3, 0.4) is 0 Å². The molecule has 0 unspecified atom stereocenters. The molecule has 0 heterocycles. The molecule has 0 amide bonds. The minimum atomic E-state index is -0.193. The lowest BCUT2D eigenvalue weighted by Gasteiger charge is -2.12. The van der Waals surface area contributed by atoms with Crippen molar-refractivity contribution >= 4 is 5.69 Å². The third-order valence-electron chi connectivity index (χ3n) is 3.21. The van der Waals surface area contributed by atoms with Gasteiger partial charge in [-0.1, -0.05) is 6.07 Å². The topological polar surface area (TPSA) is 21.3 Å². The zero-order chi connectivity index (χ0) is 13.8. The molecular formula is C16H18FNO. The van der Waals surface area contributed by atoms with Crippen LogP contribution in [0.2, 0.25) is 0 Å². The van der Waals surface area contributed by atoms with E-state index in [-0.39, 0.29) is 5.82 Å². The number of halogens is 1. The Labute approximate surface area is 113 Å². The van der Waals surface area contributed by atoms with E-state index in [1.807, 2.05) is 38.1 Å². The summed E-state index contributed by atoms with van der Waals surface area (Å²) in [5, 5.41) is 3.36. The van der Waals surface area contributed by atoms with E-state index in [4.69, 9.17) is 4.74 Å². The largest absolute Gasteiger partial charge is 0.497 e. The first-order valence-electron chi connectivity index (χ1n) is 6.23. The molecule has 0 atom stereocenters. The van der Waals surface area contributed by atoms with E-state index in [9.17, 15) is 4.39 Å². The Bertz CT molecular complexity index is 581. The molecule has 0 bridgehead atoms. The first-order chi connectivity index (χ1) is 9.10. The van der Waals surface area contributed by atoms with Crippen LogP contribution in [0.1, 0.15) is 16.7 Å². The highest BCUT2D eigenvalue weighted by Crippen LogP contribution is 2.22. The van der Waals surface area contributed by atoms with E-state index in [1.165, 1.54) is 6.07 Å². The van der Waals surface area contributed by atoms with Crippen molar-refractivity contribution in [2.75, 3.05) is 12.4 Å². The summed E-state index contributed by atoms with van der Waals surface area (Å²) >= 11 is 0. The fourth-order valence-corrected chi connectivity index (χ4v) is 2.01. The molecule has 0 saturated carbocycles. The van der Waals surface area contributed by atoms with Gasteiger partial charge in [-0.15, -0.1) is 0 Å². The molecule has 0 aliphatic heterocycles. The molecule has 100 valence electrons. The number of hydrogen-bond donors (Lipinski definition) is 1. The van der Waals surface area contributed by atoms with Crippen molar-refractivity contribution in [3.05, 3.63) is 58.9 Å². The van der Waals surface area contributed by atoms with Gasteiger partial charge in [-0.2, -0.15) is 0 Å². The van der Waals surface area contributed by atoms with Gasteiger partial charge in [-0.3, -0.25) is 0 Å². The van der Waals surface area contributed by atoms with Gasteiger partial charge in [0.25, 0.3) is 0 Å². The monoisotopic (exact) mass is 259 g/mol. The molecule has 2 rings (SSSR count). The smallest absolute Gasteiger partial charge is 0.123 e. The van der Waals surface area contributed by atoms with Gasteiger partial charge in [0.2, 0.25) is 0 Å². The second-order valence-corrected chi connectivity index (χ2v) is 4.61. The summed E-state index contributed by atoms with van der Waals surface area (Å²) in [5.74, 6) is 0.655. The molecule has 2 nitrogen and oxygen atoms in total. The molecule has 0 spiro atoms. The highest BCUT2D eigenvalue weighted by Gasteiger charge is 2.03. The number of rotatable bonds is 4. The SMILES string of the molecule is COc1ccc(NCc2ccc(F)cc2C)c(C)c1. The summed E-state index contributed by atoms with van der Waals surface area (Å²) in [5.41, 5.74) is 4.24. The lowest BCUT2D eigenvalue weighted by atomic mass is 10.1. The van der Waals surface area contributed by atoms with Crippen LogP contribution in [0.25, 0.3) is 0 Å². The Morgan fingerprint density at radius 3 is 2.47 bits per heavy atom. The Morgan fingerprint density at radius 2 is 1.84 bits per heavy atom. The number of nitrogens with one attached hydrogen (secondary N) is 1. The molecule has 19 heavy (non-hydrogen) atoms. The normalized spacial score (nSPS) is 10.3. The van der Waals surface area contributed by atoms with E-state index in [0.717, 1.165) is 28.1 Å². The minimum Gasteiger partial charge on any atom is -0.497 e. The summed E-state index contributed by atoms with van der Waals surface area (Å²) in [6, 6.07) is 10.8. The molecule has 0 aromatic heterocycles. The Morgan fingerprint density at radius 1 is 1.05 bits per heavy atom. The molecule has 0 fully saturated rings. The molecule has 2 aromatic rings. The highest BCUT2D eigenvalue weighted by molar-refractivity contribution is 5.54.